The van der Waals surface area contributed by atoms with Gasteiger partial charge >= 0.3 is 5.97 Å². The van der Waals surface area contributed by atoms with Crippen LogP contribution in [0.4, 0.5) is 0 Å². The van der Waals surface area contributed by atoms with Crippen LogP contribution in [0.2, 0.25) is 0 Å². The van der Waals surface area contributed by atoms with Crippen LogP contribution in [0.3, 0.4) is 0 Å². The van der Waals surface area contributed by atoms with E-state index in [4.69, 9.17) is 4.74 Å². The molecule has 2 fully saturated rings. The van der Waals surface area contributed by atoms with Crippen molar-refractivity contribution in [2.24, 2.45) is 5.92 Å². The molecule has 1 aromatic carbocycles. The number of hydrogen-bond acceptors (Lipinski definition) is 5. The number of amides is 1. The maximum absolute atomic E-state index is 12.8. The quantitative estimate of drug-likeness (QED) is 0.622. The van der Waals surface area contributed by atoms with Gasteiger partial charge in [0.25, 0.3) is 5.91 Å². The number of piperidine rings is 1. The molecule has 0 bridgehead atoms. The van der Waals surface area contributed by atoms with Gasteiger partial charge < -0.3 is 9.64 Å². The van der Waals surface area contributed by atoms with E-state index in [1.165, 1.54) is 10.7 Å². The third-order valence-electron chi connectivity index (χ3n) is 6.56. The molecule has 0 radical (unpaired) electrons. The zero-order valence-corrected chi connectivity index (χ0v) is 19.6. The predicted octanol–water partition coefficient (Wildman–Crippen LogP) is 3.12. The van der Waals surface area contributed by atoms with Gasteiger partial charge in [-0.15, -0.1) is 0 Å². The van der Waals surface area contributed by atoms with Crippen LogP contribution < -0.4 is 0 Å². The number of benzene rings is 1. The molecule has 1 aliphatic heterocycles. The first-order chi connectivity index (χ1) is 14.7. The molecule has 172 valence electrons. The lowest BCUT2D eigenvalue weighted by molar-refractivity contribution is -0.164. The van der Waals surface area contributed by atoms with Crippen molar-refractivity contribution < 1.29 is 22.7 Å². The lowest BCUT2D eigenvalue weighted by Crippen LogP contribution is -2.45. The van der Waals surface area contributed by atoms with E-state index in [2.05, 4.69) is 0 Å². The van der Waals surface area contributed by atoms with Crippen molar-refractivity contribution in [2.75, 3.05) is 20.1 Å². The number of likely N-dealkylation sites (N-methyl/N-ethyl adjacent to an activating group) is 1. The topological polar surface area (TPSA) is 84.0 Å². The smallest absolute Gasteiger partial charge is 0.309 e. The molecule has 1 unspecified atom stereocenters. The Bertz CT molecular complexity index is 870. The fraction of sp³-hybridized carbons (Fsp3) is 0.652. The van der Waals surface area contributed by atoms with E-state index in [0.29, 0.717) is 12.8 Å². The van der Waals surface area contributed by atoms with Gasteiger partial charge in [-0.3, -0.25) is 9.59 Å². The standard InChI is InChI=1S/C23H34N2O5S/c1-17-9-11-21(12-10-17)31(28,29)25-15-13-19(14-16-25)23(27)30-18(2)22(26)24(3)20-7-5-4-6-8-20/h9-12,18-20H,4-8,13-16H2,1-3H3. The molecule has 8 heteroatoms. The maximum Gasteiger partial charge on any atom is 0.309 e. The Morgan fingerprint density at radius 2 is 1.61 bits per heavy atom. The molecule has 1 heterocycles. The predicted molar refractivity (Wildman–Crippen MR) is 118 cm³/mol. The second-order valence-electron chi connectivity index (χ2n) is 8.81. The van der Waals surface area contributed by atoms with E-state index in [1.54, 1.807) is 43.1 Å². The summed E-state index contributed by atoms with van der Waals surface area (Å²) < 4.78 is 32.6. The largest absolute Gasteiger partial charge is 0.452 e. The molecule has 31 heavy (non-hydrogen) atoms. The van der Waals surface area contributed by atoms with Gasteiger partial charge in [0.2, 0.25) is 10.0 Å². The minimum absolute atomic E-state index is 0.167. The summed E-state index contributed by atoms with van der Waals surface area (Å²) in [6.45, 7) is 4.06. The van der Waals surface area contributed by atoms with Gasteiger partial charge in [0, 0.05) is 26.2 Å². The second kappa shape index (κ2) is 10.1. The van der Waals surface area contributed by atoms with Crippen LogP contribution in [0.1, 0.15) is 57.4 Å². The summed E-state index contributed by atoms with van der Waals surface area (Å²) in [5.74, 6) is -0.968. The normalized spacial score (nSPS) is 20.2. The van der Waals surface area contributed by atoms with Gasteiger partial charge in [0.05, 0.1) is 10.8 Å². The molecule has 3 rings (SSSR count). The maximum atomic E-state index is 12.8. The minimum atomic E-state index is -3.57. The van der Waals surface area contributed by atoms with Crippen molar-refractivity contribution in [3.8, 4) is 0 Å². The fourth-order valence-corrected chi connectivity index (χ4v) is 5.92. The average molecular weight is 451 g/mol. The first-order valence-electron chi connectivity index (χ1n) is 11.2. The Labute approximate surface area is 185 Å². The van der Waals surface area contributed by atoms with Crippen LogP contribution in [0.25, 0.3) is 0 Å². The first-order valence-corrected chi connectivity index (χ1v) is 12.7. The Balaban J connectivity index is 1.51. The molecular weight excluding hydrogens is 416 g/mol. The number of aryl methyl sites for hydroxylation is 1. The number of sulfonamides is 1. The molecule has 1 aliphatic carbocycles. The Kier molecular flexibility index (Phi) is 7.75. The van der Waals surface area contributed by atoms with E-state index in [9.17, 15) is 18.0 Å². The van der Waals surface area contributed by atoms with Crippen molar-refractivity contribution in [3.63, 3.8) is 0 Å². The first kappa shape index (κ1) is 23.7. The Hall–Kier alpha value is -1.93. The molecule has 1 atom stereocenters. The number of carbonyl (C=O) groups is 2. The molecule has 1 saturated carbocycles. The highest BCUT2D eigenvalue weighted by Gasteiger charge is 2.35. The van der Waals surface area contributed by atoms with Gasteiger partial charge in [-0.05, 0) is 51.7 Å². The lowest BCUT2D eigenvalue weighted by Gasteiger charge is -2.33. The zero-order valence-electron chi connectivity index (χ0n) is 18.7. The molecule has 1 aromatic rings. The summed E-state index contributed by atoms with van der Waals surface area (Å²) in [6, 6.07) is 7.00. The number of nitrogens with zero attached hydrogens (tertiary/aromatic N) is 2. The summed E-state index contributed by atoms with van der Waals surface area (Å²) >= 11 is 0. The summed E-state index contributed by atoms with van der Waals surface area (Å²) in [5, 5.41) is 0. The molecule has 1 saturated heterocycles. The van der Waals surface area contributed by atoms with Gasteiger partial charge in [-0.25, -0.2) is 8.42 Å². The SMILES string of the molecule is Cc1ccc(S(=O)(=O)N2CCC(C(=O)OC(C)C(=O)N(C)C3CCCCC3)CC2)cc1. The molecule has 0 N–H and O–H groups in total. The van der Waals surface area contributed by atoms with Crippen molar-refractivity contribution in [2.45, 2.75) is 75.8 Å². The van der Waals surface area contributed by atoms with Crippen LogP contribution in [-0.4, -0.2) is 61.8 Å². The molecule has 1 amide bonds. The molecule has 0 spiro atoms. The zero-order chi connectivity index (χ0) is 22.6. The van der Waals surface area contributed by atoms with Crippen LogP contribution >= 0.6 is 0 Å². The van der Waals surface area contributed by atoms with E-state index in [0.717, 1.165) is 31.2 Å². The van der Waals surface area contributed by atoms with E-state index in [1.807, 2.05) is 6.92 Å². The third kappa shape index (κ3) is 5.66. The number of ether oxygens (including phenoxy) is 1. The van der Waals surface area contributed by atoms with Crippen molar-refractivity contribution >= 4 is 21.9 Å². The summed E-state index contributed by atoms with van der Waals surface area (Å²) in [4.78, 5) is 27.3. The Morgan fingerprint density at radius 1 is 1.03 bits per heavy atom. The van der Waals surface area contributed by atoms with Crippen molar-refractivity contribution in [1.29, 1.82) is 0 Å². The fourth-order valence-electron chi connectivity index (χ4n) is 4.45. The van der Waals surface area contributed by atoms with Gasteiger partial charge in [-0.1, -0.05) is 37.0 Å². The third-order valence-corrected chi connectivity index (χ3v) is 8.47. The van der Waals surface area contributed by atoms with E-state index >= 15 is 0 Å². The number of rotatable bonds is 6. The van der Waals surface area contributed by atoms with Crippen LogP contribution in [0.15, 0.2) is 29.2 Å². The van der Waals surface area contributed by atoms with Gasteiger partial charge in [-0.2, -0.15) is 4.31 Å². The lowest BCUT2D eigenvalue weighted by atomic mass is 9.94. The van der Waals surface area contributed by atoms with Gasteiger partial charge in [0.1, 0.15) is 0 Å². The highest BCUT2D eigenvalue weighted by molar-refractivity contribution is 7.89. The van der Waals surface area contributed by atoms with E-state index < -0.39 is 22.1 Å². The summed E-state index contributed by atoms with van der Waals surface area (Å²) in [5.41, 5.74) is 0.998. The summed E-state index contributed by atoms with van der Waals surface area (Å²) in [6.07, 6.45) is 5.41. The molecular formula is C23H34N2O5S. The van der Waals surface area contributed by atoms with Crippen molar-refractivity contribution in [3.05, 3.63) is 29.8 Å². The average Bonchev–Trinajstić information content (AvgIpc) is 2.79. The number of esters is 1. The molecule has 2 aliphatic rings. The Morgan fingerprint density at radius 3 is 2.19 bits per heavy atom. The molecule has 0 aromatic heterocycles. The molecule has 7 nitrogen and oxygen atoms in total. The minimum Gasteiger partial charge on any atom is -0.452 e. The number of hydrogen-bond donors (Lipinski definition) is 0. The monoisotopic (exact) mass is 450 g/mol. The van der Waals surface area contributed by atoms with E-state index in [-0.39, 0.29) is 35.9 Å². The van der Waals surface area contributed by atoms with Gasteiger partial charge in [0.15, 0.2) is 6.10 Å². The highest BCUT2D eigenvalue weighted by Crippen LogP contribution is 2.26. The van der Waals surface area contributed by atoms with Crippen LogP contribution in [0.5, 0.6) is 0 Å². The number of carbonyl (C=O) groups excluding carboxylic acids is 2. The summed E-state index contributed by atoms with van der Waals surface area (Å²) in [7, 11) is -1.78. The van der Waals surface area contributed by atoms with Crippen LogP contribution in [-0.2, 0) is 24.3 Å². The van der Waals surface area contributed by atoms with Crippen molar-refractivity contribution in [1.82, 2.24) is 9.21 Å². The van der Waals surface area contributed by atoms with Crippen LogP contribution in [0, 0.1) is 12.8 Å². The highest BCUT2D eigenvalue weighted by atomic mass is 32.2. The second-order valence-corrected chi connectivity index (χ2v) is 10.7.